The van der Waals surface area contributed by atoms with E-state index in [4.69, 9.17) is 10.5 Å². The molecule has 0 saturated carbocycles. The lowest BCUT2D eigenvalue weighted by molar-refractivity contribution is 0.302. The number of allylic oxidation sites excluding steroid dienone is 1. The molecule has 104 valence electrons. The highest BCUT2D eigenvalue weighted by molar-refractivity contribution is 5.35. The molecular formula is C18H21NO. The Bertz CT molecular complexity index is 563. The highest BCUT2D eigenvalue weighted by Crippen LogP contribution is 2.21. The van der Waals surface area contributed by atoms with E-state index >= 15 is 0 Å². The second-order valence-corrected chi connectivity index (χ2v) is 4.70. The Hall–Kier alpha value is -2.06. The quantitative estimate of drug-likeness (QED) is 0.779. The molecule has 0 bridgehead atoms. The van der Waals surface area contributed by atoms with Crippen molar-refractivity contribution in [3.05, 3.63) is 77.9 Å². The predicted molar refractivity (Wildman–Crippen MR) is 83.9 cm³/mol. The predicted octanol–water partition coefficient (Wildman–Crippen LogP) is 3.50. The van der Waals surface area contributed by atoms with E-state index in [2.05, 4.69) is 24.8 Å². The minimum atomic E-state index is 0.574. The molecule has 0 aliphatic heterocycles. The topological polar surface area (TPSA) is 35.2 Å². The van der Waals surface area contributed by atoms with Gasteiger partial charge in [0.2, 0.25) is 0 Å². The first-order valence-electron chi connectivity index (χ1n) is 6.93. The van der Waals surface area contributed by atoms with Crippen molar-refractivity contribution in [2.45, 2.75) is 19.4 Å². The van der Waals surface area contributed by atoms with Crippen LogP contribution in [0.2, 0.25) is 0 Å². The van der Waals surface area contributed by atoms with Gasteiger partial charge in [-0.25, -0.2) is 0 Å². The van der Waals surface area contributed by atoms with Gasteiger partial charge in [-0.3, -0.25) is 0 Å². The van der Waals surface area contributed by atoms with Gasteiger partial charge in [0.25, 0.3) is 0 Å². The molecule has 2 rings (SSSR count). The maximum Gasteiger partial charge on any atom is 0.123 e. The van der Waals surface area contributed by atoms with E-state index in [-0.39, 0.29) is 0 Å². The zero-order valence-electron chi connectivity index (χ0n) is 11.7. The lowest BCUT2D eigenvalue weighted by atomic mass is 10.1. The SMILES string of the molecule is C=CCc1ccccc1OCc1ccccc1CCN. The van der Waals surface area contributed by atoms with Crippen LogP contribution in [0.1, 0.15) is 16.7 Å². The fraction of sp³-hybridized carbons (Fsp3) is 0.222. The lowest BCUT2D eigenvalue weighted by Crippen LogP contribution is -2.07. The van der Waals surface area contributed by atoms with Crippen molar-refractivity contribution in [1.29, 1.82) is 0 Å². The van der Waals surface area contributed by atoms with Crippen LogP contribution < -0.4 is 10.5 Å². The van der Waals surface area contributed by atoms with Gasteiger partial charge in [0.15, 0.2) is 0 Å². The van der Waals surface area contributed by atoms with Crippen molar-refractivity contribution in [1.82, 2.24) is 0 Å². The summed E-state index contributed by atoms with van der Waals surface area (Å²) in [5.74, 6) is 0.926. The van der Waals surface area contributed by atoms with Gasteiger partial charge < -0.3 is 10.5 Å². The van der Waals surface area contributed by atoms with Crippen LogP contribution in [0.15, 0.2) is 61.2 Å². The Kier molecular flexibility index (Phi) is 5.39. The highest BCUT2D eigenvalue weighted by Gasteiger charge is 2.04. The Morgan fingerprint density at radius 1 is 0.950 bits per heavy atom. The zero-order chi connectivity index (χ0) is 14.2. The van der Waals surface area contributed by atoms with Crippen molar-refractivity contribution >= 4 is 0 Å². The molecule has 0 radical (unpaired) electrons. The first-order chi connectivity index (χ1) is 9.85. The maximum atomic E-state index is 5.97. The number of para-hydroxylation sites is 1. The molecule has 0 heterocycles. The van der Waals surface area contributed by atoms with Crippen molar-refractivity contribution in [2.24, 2.45) is 5.73 Å². The highest BCUT2D eigenvalue weighted by atomic mass is 16.5. The molecule has 0 aromatic heterocycles. The first-order valence-corrected chi connectivity index (χ1v) is 6.93. The van der Waals surface area contributed by atoms with Crippen LogP contribution in [0.5, 0.6) is 5.75 Å². The summed E-state index contributed by atoms with van der Waals surface area (Å²) in [7, 11) is 0. The number of nitrogens with two attached hydrogens (primary N) is 1. The molecule has 0 spiro atoms. The molecule has 0 atom stereocenters. The summed E-state index contributed by atoms with van der Waals surface area (Å²) < 4.78 is 5.97. The summed E-state index contributed by atoms with van der Waals surface area (Å²) in [6.45, 7) is 5.01. The number of hydrogen-bond acceptors (Lipinski definition) is 2. The van der Waals surface area contributed by atoms with E-state index < -0.39 is 0 Å². The Morgan fingerprint density at radius 2 is 1.60 bits per heavy atom. The molecule has 0 amide bonds. The molecule has 0 unspecified atom stereocenters. The standard InChI is InChI=1S/C18H21NO/c1-2-7-16-9-5-6-11-18(16)20-14-17-10-4-3-8-15(17)12-13-19/h2-6,8-11H,1,7,12-14,19H2. The molecule has 0 saturated heterocycles. The third-order valence-electron chi connectivity index (χ3n) is 3.25. The van der Waals surface area contributed by atoms with Crippen LogP contribution in [0.25, 0.3) is 0 Å². The van der Waals surface area contributed by atoms with Crippen LogP contribution in [0.3, 0.4) is 0 Å². The normalized spacial score (nSPS) is 10.2. The number of ether oxygens (including phenoxy) is 1. The second kappa shape index (κ2) is 7.51. The van der Waals surface area contributed by atoms with E-state index in [1.807, 2.05) is 36.4 Å². The molecule has 2 aromatic carbocycles. The van der Waals surface area contributed by atoms with Gasteiger partial charge in [-0.05, 0) is 42.1 Å². The van der Waals surface area contributed by atoms with Crippen LogP contribution in [-0.4, -0.2) is 6.54 Å². The maximum absolute atomic E-state index is 5.97. The third kappa shape index (κ3) is 3.72. The monoisotopic (exact) mass is 267 g/mol. The van der Waals surface area contributed by atoms with Crippen molar-refractivity contribution in [2.75, 3.05) is 6.54 Å². The lowest BCUT2D eigenvalue weighted by Gasteiger charge is -2.13. The van der Waals surface area contributed by atoms with Crippen LogP contribution in [-0.2, 0) is 19.4 Å². The Labute approximate surface area is 120 Å². The molecule has 2 heteroatoms. The van der Waals surface area contributed by atoms with Gasteiger partial charge in [0, 0.05) is 0 Å². The average molecular weight is 267 g/mol. The Morgan fingerprint density at radius 3 is 2.30 bits per heavy atom. The Balaban J connectivity index is 2.11. The summed E-state index contributed by atoms with van der Waals surface area (Å²) in [4.78, 5) is 0. The number of benzene rings is 2. The van der Waals surface area contributed by atoms with Gasteiger partial charge in [-0.2, -0.15) is 0 Å². The first kappa shape index (κ1) is 14.4. The molecule has 0 aliphatic carbocycles. The summed E-state index contributed by atoms with van der Waals surface area (Å²) in [6.07, 6.45) is 3.60. The summed E-state index contributed by atoms with van der Waals surface area (Å²) in [5, 5.41) is 0. The largest absolute Gasteiger partial charge is 0.489 e. The molecule has 2 N–H and O–H groups in total. The van der Waals surface area contributed by atoms with Gasteiger partial charge in [-0.15, -0.1) is 6.58 Å². The summed E-state index contributed by atoms with van der Waals surface area (Å²) >= 11 is 0. The van der Waals surface area contributed by atoms with Crippen molar-refractivity contribution in [3.63, 3.8) is 0 Å². The smallest absolute Gasteiger partial charge is 0.123 e. The molecular weight excluding hydrogens is 246 g/mol. The zero-order valence-corrected chi connectivity index (χ0v) is 11.7. The van der Waals surface area contributed by atoms with Crippen molar-refractivity contribution in [3.8, 4) is 5.75 Å². The van der Waals surface area contributed by atoms with Gasteiger partial charge >= 0.3 is 0 Å². The van der Waals surface area contributed by atoms with Crippen LogP contribution >= 0.6 is 0 Å². The van der Waals surface area contributed by atoms with E-state index in [0.29, 0.717) is 13.2 Å². The summed E-state index contributed by atoms with van der Waals surface area (Å²) in [5.41, 5.74) is 9.27. The minimum absolute atomic E-state index is 0.574. The molecule has 20 heavy (non-hydrogen) atoms. The van der Waals surface area contributed by atoms with Crippen molar-refractivity contribution < 1.29 is 4.74 Å². The van der Waals surface area contributed by atoms with Gasteiger partial charge in [-0.1, -0.05) is 48.5 Å². The average Bonchev–Trinajstić information content (AvgIpc) is 2.48. The van der Waals surface area contributed by atoms with E-state index in [1.54, 1.807) is 0 Å². The fourth-order valence-corrected chi connectivity index (χ4v) is 2.22. The number of hydrogen-bond donors (Lipinski definition) is 1. The van der Waals surface area contributed by atoms with Gasteiger partial charge in [0.1, 0.15) is 12.4 Å². The fourth-order valence-electron chi connectivity index (χ4n) is 2.22. The minimum Gasteiger partial charge on any atom is -0.489 e. The molecule has 0 aliphatic rings. The van der Waals surface area contributed by atoms with E-state index in [1.165, 1.54) is 16.7 Å². The summed E-state index contributed by atoms with van der Waals surface area (Å²) in [6, 6.07) is 16.4. The van der Waals surface area contributed by atoms with Gasteiger partial charge in [0.05, 0.1) is 0 Å². The second-order valence-electron chi connectivity index (χ2n) is 4.70. The third-order valence-corrected chi connectivity index (χ3v) is 3.25. The number of rotatable bonds is 7. The molecule has 2 aromatic rings. The van der Waals surface area contributed by atoms with Crippen LogP contribution in [0, 0.1) is 0 Å². The van der Waals surface area contributed by atoms with Crippen LogP contribution in [0.4, 0.5) is 0 Å². The molecule has 0 fully saturated rings. The molecule has 2 nitrogen and oxygen atoms in total. The van der Waals surface area contributed by atoms with E-state index in [0.717, 1.165) is 18.6 Å². The van der Waals surface area contributed by atoms with E-state index in [9.17, 15) is 0 Å².